The highest BCUT2D eigenvalue weighted by molar-refractivity contribution is 7.89. The first-order valence-electron chi connectivity index (χ1n) is 10.5. The number of piperidine rings is 1. The molecule has 162 valence electrons. The van der Waals surface area contributed by atoms with Crippen molar-refractivity contribution in [2.75, 3.05) is 20.1 Å². The molecule has 0 aromatic heterocycles. The molecule has 1 amide bonds. The maximum Gasteiger partial charge on any atom is 0.243 e. The molecule has 0 radical (unpaired) electrons. The monoisotopic (exact) mass is 428 g/mol. The standard InChI is InChI=1S/C24H32N2O3S/c1-17-14-19(3)23(20(4)15-17)30(28,29)26-12-10-21(11-13-26)24(27)25(5)16-22-9-7-6-8-18(22)2/h6-9,14-15,21H,10-13,16H2,1-5H3. The zero-order valence-corrected chi connectivity index (χ0v) is 19.4. The molecule has 5 nitrogen and oxygen atoms in total. The first kappa shape index (κ1) is 22.5. The number of aryl methyl sites for hydroxylation is 4. The van der Waals surface area contributed by atoms with Crippen LogP contribution in [0, 0.1) is 33.6 Å². The van der Waals surface area contributed by atoms with Crippen LogP contribution in [0.15, 0.2) is 41.3 Å². The van der Waals surface area contributed by atoms with Crippen molar-refractivity contribution in [1.29, 1.82) is 0 Å². The number of carbonyl (C=O) groups is 1. The Balaban J connectivity index is 1.67. The SMILES string of the molecule is Cc1cc(C)c(S(=O)(=O)N2CCC(C(=O)N(C)Cc3ccccc3C)CC2)c(C)c1. The molecule has 3 rings (SSSR count). The van der Waals surface area contributed by atoms with Gasteiger partial charge in [0.1, 0.15) is 0 Å². The summed E-state index contributed by atoms with van der Waals surface area (Å²) in [5, 5.41) is 0. The number of benzene rings is 2. The molecule has 2 aromatic carbocycles. The maximum absolute atomic E-state index is 13.3. The first-order valence-corrected chi connectivity index (χ1v) is 11.9. The van der Waals surface area contributed by atoms with Gasteiger partial charge in [0.05, 0.1) is 4.90 Å². The molecule has 0 unspecified atom stereocenters. The van der Waals surface area contributed by atoms with Gasteiger partial charge in [-0.25, -0.2) is 8.42 Å². The zero-order chi connectivity index (χ0) is 22.1. The van der Waals surface area contributed by atoms with Crippen molar-refractivity contribution < 1.29 is 13.2 Å². The Morgan fingerprint density at radius 3 is 2.13 bits per heavy atom. The summed E-state index contributed by atoms with van der Waals surface area (Å²) < 4.78 is 28.1. The van der Waals surface area contributed by atoms with Crippen LogP contribution in [0.25, 0.3) is 0 Å². The van der Waals surface area contributed by atoms with Crippen LogP contribution in [0.2, 0.25) is 0 Å². The summed E-state index contributed by atoms with van der Waals surface area (Å²) in [6, 6.07) is 11.9. The molecule has 30 heavy (non-hydrogen) atoms. The zero-order valence-electron chi connectivity index (χ0n) is 18.6. The molecule has 2 aromatic rings. The van der Waals surface area contributed by atoms with Crippen molar-refractivity contribution in [2.24, 2.45) is 5.92 Å². The summed E-state index contributed by atoms with van der Waals surface area (Å²) in [5.74, 6) is -0.0383. The summed E-state index contributed by atoms with van der Waals surface area (Å²) >= 11 is 0. The molecule has 6 heteroatoms. The largest absolute Gasteiger partial charge is 0.341 e. The van der Waals surface area contributed by atoms with Gasteiger partial charge in [-0.15, -0.1) is 0 Å². The van der Waals surface area contributed by atoms with Gasteiger partial charge in [-0.2, -0.15) is 4.31 Å². The second-order valence-electron chi connectivity index (χ2n) is 8.53. The van der Waals surface area contributed by atoms with Gasteiger partial charge in [-0.3, -0.25) is 4.79 Å². The quantitative estimate of drug-likeness (QED) is 0.724. The van der Waals surface area contributed by atoms with Crippen LogP contribution < -0.4 is 0 Å². The number of sulfonamides is 1. The van der Waals surface area contributed by atoms with Gasteiger partial charge < -0.3 is 4.90 Å². The van der Waals surface area contributed by atoms with E-state index in [4.69, 9.17) is 0 Å². The lowest BCUT2D eigenvalue weighted by Crippen LogP contribution is -2.43. The lowest BCUT2D eigenvalue weighted by atomic mass is 9.96. The van der Waals surface area contributed by atoms with Crippen molar-refractivity contribution >= 4 is 15.9 Å². The second-order valence-corrected chi connectivity index (χ2v) is 10.4. The average Bonchev–Trinajstić information content (AvgIpc) is 2.68. The van der Waals surface area contributed by atoms with E-state index in [0.29, 0.717) is 37.4 Å². The molecule has 0 N–H and O–H groups in total. The van der Waals surface area contributed by atoms with E-state index in [1.165, 1.54) is 5.56 Å². The van der Waals surface area contributed by atoms with E-state index in [9.17, 15) is 13.2 Å². The average molecular weight is 429 g/mol. The molecule has 0 aliphatic carbocycles. The third kappa shape index (κ3) is 4.60. The summed E-state index contributed by atoms with van der Waals surface area (Å²) in [6.07, 6.45) is 1.11. The lowest BCUT2D eigenvalue weighted by molar-refractivity contribution is -0.135. The van der Waals surface area contributed by atoms with Gasteiger partial charge in [0.15, 0.2) is 0 Å². The Morgan fingerprint density at radius 2 is 1.57 bits per heavy atom. The predicted octanol–water partition coefficient (Wildman–Crippen LogP) is 3.98. The fourth-order valence-electron chi connectivity index (χ4n) is 4.48. The van der Waals surface area contributed by atoms with Crippen LogP contribution >= 0.6 is 0 Å². The molecular formula is C24H32N2O3S. The van der Waals surface area contributed by atoms with Gasteiger partial charge in [-0.1, -0.05) is 42.0 Å². The highest BCUT2D eigenvalue weighted by Gasteiger charge is 2.34. The van der Waals surface area contributed by atoms with E-state index >= 15 is 0 Å². The van der Waals surface area contributed by atoms with Gasteiger partial charge in [0.2, 0.25) is 15.9 Å². The van der Waals surface area contributed by atoms with E-state index in [2.05, 4.69) is 0 Å². The van der Waals surface area contributed by atoms with Crippen molar-refractivity contribution in [2.45, 2.75) is 52.0 Å². The molecule has 0 spiro atoms. The number of carbonyl (C=O) groups excluding carboxylic acids is 1. The molecule has 0 saturated carbocycles. The highest BCUT2D eigenvalue weighted by atomic mass is 32.2. The third-order valence-electron chi connectivity index (χ3n) is 6.05. The van der Waals surface area contributed by atoms with Crippen LogP contribution in [0.3, 0.4) is 0 Å². The van der Waals surface area contributed by atoms with E-state index in [1.54, 1.807) is 9.21 Å². The first-order chi connectivity index (χ1) is 14.1. The smallest absolute Gasteiger partial charge is 0.243 e. The minimum Gasteiger partial charge on any atom is -0.341 e. The Kier molecular flexibility index (Phi) is 6.68. The Labute approximate surface area is 180 Å². The molecule has 1 fully saturated rings. The van der Waals surface area contributed by atoms with Gasteiger partial charge in [0.25, 0.3) is 0 Å². The van der Waals surface area contributed by atoms with Crippen molar-refractivity contribution in [1.82, 2.24) is 9.21 Å². The topological polar surface area (TPSA) is 57.7 Å². The van der Waals surface area contributed by atoms with E-state index in [0.717, 1.165) is 22.3 Å². The number of nitrogens with zero attached hydrogens (tertiary/aromatic N) is 2. The van der Waals surface area contributed by atoms with Gasteiger partial charge >= 0.3 is 0 Å². The number of rotatable bonds is 5. The van der Waals surface area contributed by atoms with Crippen LogP contribution in [-0.2, 0) is 21.4 Å². The van der Waals surface area contributed by atoms with Crippen LogP contribution in [0.4, 0.5) is 0 Å². The third-order valence-corrected chi connectivity index (χ3v) is 8.26. The van der Waals surface area contributed by atoms with Gasteiger partial charge in [-0.05, 0) is 62.8 Å². The normalized spacial score (nSPS) is 15.9. The Morgan fingerprint density at radius 1 is 1.00 bits per heavy atom. The predicted molar refractivity (Wildman–Crippen MR) is 120 cm³/mol. The summed E-state index contributed by atoms with van der Waals surface area (Å²) in [6.45, 7) is 9.06. The van der Waals surface area contributed by atoms with Crippen LogP contribution in [0.1, 0.15) is 40.7 Å². The highest BCUT2D eigenvalue weighted by Crippen LogP contribution is 2.29. The number of amides is 1. The van der Waals surface area contributed by atoms with Crippen LogP contribution in [0.5, 0.6) is 0 Å². The van der Waals surface area contributed by atoms with Crippen molar-refractivity contribution in [3.63, 3.8) is 0 Å². The summed E-state index contributed by atoms with van der Waals surface area (Å²) in [5.41, 5.74) is 4.93. The lowest BCUT2D eigenvalue weighted by Gasteiger charge is -2.33. The molecule has 1 heterocycles. The van der Waals surface area contributed by atoms with Crippen molar-refractivity contribution in [3.05, 3.63) is 64.2 Å². The van der Waals surface area contributed by atoms with Crippen LogP contribution in [-0.4, -0.2) is 43.7 Å². The molecule has 1 aliphatic heterocycles. The minimum absolute atomic E-state index is 0.0954. The molecule has 0 bridgehead atoms. The van der Waals surface area contributed by atoms with E-state index < -0.39 is 10.0 Å². The Bertz CT molecular complexity index is 1020. The van der Waals surface area contributed by atoms with Gasteiger partial charge in [0, 0.05) is 32.6 Å². The number of hydrogen-bond acceptors (Lipinski definition) is 3. The fraction of sp³-hybridized carbons (Fsp3) is 0.458. The maximum atomic E-state index is 13.3. The Hall–Kier alpha value is -2.18. The second kappa shape index (κ2) is 8.90. The molecule has 0 atom stereocenters. The minimum atomic E-state index is -3.56. The summed E-state index contributed by atoms with van der Waals surface area (Å²) in [4.78, 5) is 15.1. The summed E-state index contributed by atoms with van der Waals surface area (Å²) in [7, 11) is -1.72. The number of hydrogen-bond donors (Lipinski definition) is 0. The van der Waals surface area contributed by atoms with E-state index in [1.807, 2.05) is 71.1 Å². The fourth-order valence-corrected chi connectivity index (χ4v) is 6.36. The molecule has 1 aliphatic rings. The van der Waals surface area contributed by atoms with E-state index in [-0.39, 0.29) is 11.8 Å². The van der Waals surface area contributed by atoms with Crippen molar-refractivity contribution in [3.8, 4) is 0 Å². The molecular weight excluding hydrogens is 396 g/mol. The molecule has 1 saturated heterocycles.